The maximum atomic E-state index is 12.6. The number of hydrogen-bond acceptors (Lipinski definition) is 8. The molecule has 68 heavy (non-hydrogen) atoms. The molecule has 0 aliphatic carbocycles. The van der Waals surface area contributed by atoms with E-state index in [1.54, 1.807) is 19.1 Å². The molecule has 336 valence electrons. The lowest BCUT2D eigenvalue weighted by molar-refractivity contribution is -0.0410. The number of hydrogen-bond donors (Lipinski definition) is 5. The van der Waals surface area contributed by atoms with Crippen molar-refractivity contribution in [1.29, 1.82) is 0 Å². The highest BCUT2D eigenvalue weighted by Crippen LogP contribution is 2.39. The molecule has 0 spiro atoms. The first-order valence-corrected chi connectivity index (χ1v) is 22.5. The van der Waals surface area contributed by atoms with E-state index in [4.69, 9.17) is 19.4 Å². The van der Waals surface area contributed by atoms with E-state index in [2.05, 4.69) is 120 Å². The predicted molar refractivity (Wildman–Crippen MR) is 268 cm³/mol. The molecule has 0 radical (unpaired) electrons. The topological polar surface area (TPSA) is 171 Å². The summed E-state index contributed by atoms with van der Waals surface area (Å²) in [6, 6.07) is 40.2. The van der Waals surface area contributed by atoms with E-state index in [-0.39, 0.29) is 18.8 Å². The molecule has 12 nitrogen and oxygen atoms in total. The summed E-state index contributed by atoms with van der Waals surface area (Å²) in [7, 11) is 0. The molecule has 7 heterocycles. The number of nitrogens with one attached hydrogen (secondary N) is 3. The Morgan fingerprint density at radius 1 is 0.588 bits per heavy atom. The van der Waals surface area contributed by atoms with E-state index in [0.717, 1.165) is 100 Å². The fraction of sp³-hybridized carbons (Fsp3) is 0.143. The molecule has 3 atom stereocenters. The zero-order valence-corrected chi connectivity index (χ0v) is 37.4. The minimum Gasteiger partial charge on any atom is -0.508 e. The molecule has 4 aromatic heterocycles. The number of aryl methyl sites for hydroxylation is 3. The van der Waals surface area contributed by atoms with Crippen LogP contribution in [0.1, 0.15) is 52.1 Å². The number of aromatic amines is 3. The SMILES string of the molecule is Cc1ccc(-c2c3nc(c(-c4ccc(O)cc4)c4ccc([nH]4)c(-c4ccc(OC[C@H]5O[C@@H](n6cc(C)c(=O)[nH]c6=O)C[C@@H]5O)cc4)c4nc(c(-c5ccc(C)cc5)c5ccc2[nH]5)C=C4)C=C3)cc1. The van der Waals surface area contributed by atoms with Gasteiger partial charge in [-0.05, 0) is 116 Å². The minimum atomic E-state index is -0.891. The van der Waals surface area contributed by atoms with Crippen molar-refractivity contribution in [3.05, 3.63) is 188 Å². The number of aromatic nitrogens is 6. The average molecular weight is 899 g/mol. The molecule has 0 amide bonds. The second-order valence-electron chi connectivity index (χ2n) is 17.5. The fourth-order valence-electron chi connectivity index (χ4n) is 9.22. The van der Waals surface area contributed by atoms with Gasteiger partial charge in [0.05, 0.1) is 28.9 Å². The lowest BCUT2D eigenvalue weighted by Crippen LogP contribution is -2.33. The molecule has 11 rings (SSSR count). The molecule has 1 saturated heterocycles. The maximum Gasteiger partial charge on any atom is 0.330 e. The van der Waals surface area contributed by atoms with Crippen LogP contribution >= 0.6 is 0 Å². The molecular formula is C56H46N6O6. The molecule has 3 aliphatic heterocycles. The highest BCUT2D eigenvalue weighted by Gasteiger charge is 2.36. The smallest absolute Gasteiger partial charge is 0.330 e. The van der Waals surface area contributed by atoms with E-state index < -0.39 is 29.7 Å². The quantitative estimate of drug-likeness (QED) is 0.100. The molecule has 5 N–H and O–H groups in total. The van der Waals surface area contributed by atoms with Crippen LogP contribution in [-0.4, -0.2) is 58.5 Å². The number of benzene rings is 4. The van der Waals surface area contributed by atoms with Gasteiger partial charge in [-0.3, -0.25) is 14.3 Å². The lowest BCUT2D eigenvalue weighted by Gasteiger charge is -2.17. The number of phenols is 1. The summed E-state index contributed by atoms with van der Waals surface area (Å²) in [5, 5.41) is 21.3. The van der Waals surface area contributed by atoms with Crippen molar-refractivity contribution in [2.45, 2.75) is 45.6 Å². The van der Waals surface area contributed by atoms with Crippen LogP contribution in [0.2, 0.25) is 0 Å². The zero-order valence-electron chi connectivity index (χ0n) is 37.4. The van der Waals surface area contributed by atoms with Crippen LogP contribution in [0.15, 0.2) is 137 Å². The number of ether oxygens (including phenoxy) is 2. The van der Waals surface area contributed by atoms with Crippen molar-refractivity contribution in [2.75, 3.05) is 6.61 Å². The second-order valence-corrected chi connectivity index (χ2v) is 17.5. The van der Waals surface area contributed by atoms with E-state index in [9.17, 15) is 19.8 Å². The van der Waals surface area contributed by atoms with Gasteiger partial charge in [0.25, 0.3) is 5.56 Å². The number of H-pyrrole nitrogens is 3. The summed E-state index contributed by atoms with van der Waals surface area (Å²) in [5.41, 5.74) is 15.6. The molecule has 8 aromatic rings. The summed E-state index contributed by atoms with van der Waals surface area (Å²) in [5.74, 6) is 0.725. The third-order valence-corrected chi connectivity index (χ3v) is 12.8. The van der Waals surface area contributed by atoms with Gasteiger partial charge in [0, 0.05) is 62.5 Å². The van der Waals surface area contributed by atoms with Crippen LogP contribution in [0.5, 0.6) is 11.5 Å². The van der Waals surface area contributed by atoms with Gasteiger partial charge in [0.1, 0.15) is 30.4 Å². The van der Waals surface area contributed by atoms with Crippen molar-refractivity contribution < 1.29 is 19.7 Å². The van der Waals surface area contributed by atoms with Crippen molar-refractivity contribution in [3.8, 4) is 56.0 Å². The molecule has 4 aromatic carbocycles. The van der Waals surface area contributed by atoms with Crippen LogP contribution in [0.4, 0.5) is 0 Å². The molecule has 12 heteroatoms. The van der Waals surface area contributed by atoms with Crippen LogP contribution in [0, 0.1) is 20.8 Å². The fourth-order valence-corrected chi connectivity index (χ4v) is 9.22. The van der Waals surface area contributed by atoms with Gasteiger partial charge in [0.2, 0.25) is 0 Å². The average Bonchev–Trinajstić information content (AvgIpc) is 4.21. The van der Waals surface area contributed by atoms with E-state index in [1.165, 1.54) is 10.8 Å². The third kappa shape index (κ3) is 7.95. The van der Waals surface area contributed by atoms with Crippen LogP contribution in [0.25, 0.3) is 90.9 Å². The predicted octanol–water partition coefficient (Wildman–Crippen LogP) is 10.5. The van der Waals surface area contributed by atoms with Gasteiger partial charge in [-0.2, -0.15) is 0 Å². The first-order chi connectivity index (χ1) is 33.0. The second kappa shape index (κ2) is 17.2. The van der Waals surface area contributed by atoms with Gasteiger partial charge < -0.3 is 29.7 Å². The number of aromatic hydroxyl groups is 1. The van der Waals surface area contributed by atoms with Crippen molar-refractivity contribution >= 4 is 46.4 Å². The molecule has 1 fully saturated rings. The van der Waals surface area contributed by atoms with Crippen molar-refractivity contribution in [2.24, 2.45) is 0 Å². The lowest BCUT2D eigenvalue weighted by atomic mass is 10.0. The number of phenolic OH excluding ortho intramolecular Hbond substituents is 1. The Kier molecular flexibility index (Phi) is 10.7. The number of aliphatic hydroxyl groups excluding tert-OH is 1. The molecule has 3 aliphatic rings. The third-order valence-electron chi connectivity index (χ3n) is 12.8. The Hall–Kier alpha value is -8.32. The van der Waals surface area contributed by atoms with Gasteiger partial charge in [-0.1, -0.05) is 83.9 Å². The highest BCUT2D eigenvalue weighted by molar-refractivity contribution is 5.99. The summed E-state index contributed by atoms with van der Waals surface area (Å²) < 4.78 is 13.6. The Morgan fingerprint density at radius 3 is 1.44 bits per heavy atom. The van der Waals surface area contributed by atoms with Crippen LogP contribution in [0.3, 0.4) is 0 Å². The first kappa shape index (κ1) is 42.3. The summed E-state index contributed by atoms with van der Waals surface area (Å²) in [6.45, 7) is 5.81. The molecule has 0 unspecified atom stereocenters. The molecule has 0 saturated carbocycles. The van der Waals surface area contributed by atoms with E-state index in [1.807, 2.05) is 42.5 Å². The number of aliphatic hydroxyl groups is 1. The van der Waals surface area contributed by atoms with E-state index in [0.29, 0.717) is 11.3 Å². The normalized spacial score (nSPS) is 16.4. The van der Waals surface area contributed by atoms with Gasteiger partial charge in [0.15, 0.2) is 0 Å². The summed E-state index contributed by atoms with van der Waals surface area (Å²) in [4.78, 5) is 45.2. The van der Waals surface area contributed by atoms with Crippen LogP contribution in [-0.2, 0) is 4.74 Å². The maximum absolute atomic E-state index is 12.6. The van der Waals surface area contributed by atoms with E-state index >= 15 is 0 Å². The standard InChI is InChI=1S/C56H46N6O6/c1-31-4-8-34(9-5-31)51-40-20-21-41(57-40)52(35-10-6-32(2)7-11-35)43-23-26-46(59-43)54(47-27-25-45(60-47)53(44-24-22-42(51)58-44)36-12-16-38(63)17-13-36)37-14-18-39(19-15-37)67-30-49-48(64)28-50(68-49)62-29-33(3)55(65)61-56(62)66/h4-27,29,48-50,57,60,63-64H,28,30H2,1-3H3,(H,61,65,66)/t48-,49+,50+/m0/s1. The Bertz CT molecular complexity index is 3580. The van der Waals surface area contributed by atoms with Crippen molar-refractivity contribution in [3.63, 3.8) is 0 Å². The summed E-state index contributed by atoms with van der Waals surface area (Å²) in [6.07, 6.45) is 7.49. The van der Waals surface area contributed by atoms with Gasteiger partial charge in [-0.15, -0.1) is 0 Å². The number of fused-ring (bicyclic) bond motifs is 8. The number of rotatable bonds is 8. The monoisotopic (exact) mass is 898 g/mol. The Balaban J connectivity index is 1.07. The number of nitrogens with zero attached hydrogens (tertiary/aromatic N) is 3. The Morgan fingerprint density at radius 2 is 1.00 bits per heavy atom. The Labute approximate surface area is 390 Å². The minimum absolute atomic E-state index is 0.0358. The summed E-state index contributed by atoms with van der Waals surface area (Å²) >= 11 is 0. The zero-order chi connectivity index (χ0) is 46.6. The molecule has 8 bridgehead atoms. The first-order valence-electron chi connectivity index (χ1n) is 22.5. The molecular weight excluding hydrogens is 853 g/mol. The highest BCUT2D eigenvalue weighted by atomic mass is 16.6. The van der Waals surface area contributed by atoms with Crippen LogP contribution < -0.4 is 16.0 Å². The van der Waals surface area contributed by atoms with Gasteiger partial charge in [-0.25, -0.2) is 14.8 Å². The largest absolute Gasteiger partial charge is 0.508 e. The van der Waals surface area contributed by atoms with Crippen molar-refractivity contribution in [1.82, 2.24) is 29.5 Å². The van der Waals surface area contributed by atoms with Gasteiger partial charge >= 0.3 is 5.69 Å².